The summed E-state index contributed by atoms with van der Waals surface area (Å²) in [5.74, 6) is -2.66. The molecule has 0 bridgehead atoms. The van der Waals surface area contributed by atoms with Gasteiger partial charge in [0.2, 0.25) is 0 Å². The van der Waals surface area contributed by atoms with Crippen LogP contribution in [0.15, 0.2) is 36.7 Å². The van der Waals surface area contributed by atoms with Crippen LogP contribution in [-0.2, 0) is 11.8 Å². The molecule has 2 aromatic heterocycles. The minimum Gasteiger partial charge on any atom is -0.507 e. The van der Waals surface area contributed by atoms with Gasteiger partial charge < -0.3 is 20.3 Å². The quantitative estimate of drug-likeness (QED) is 0.465. The molecule has 4 rings (SSSR count). The van der Waals surface area contributed by atoms with E-state index in [0.29, 0.717) is 11.3 Å². The molecule has 1 saturated heterocycles. The van der Waals surface area contributed by atoms with Gasteiger partial charge in [-0.1, -0.05) is 11.2 Å². The molecular formula is C24H29F3N6O4. The maximum absolute atomic E-state index is 10.6. The molecule has 10 nitrogen and oxygen atoms in total. The van der Waals surface area contributed by atoms with Gasteiger partial charge in [-0.3, -0.25) is 4.68 Å². The first-order chi connectivity index (χ1) is 17.0. The van der Waals surface area contributed by atoms with Crippen LogP contribution in [-0.4, -0.2) is 64.5 Å². The molecule has 37 heavy (non-hydrogen) atoms. The Morgan fingerprint density at radius 1 is 1.11 bits per heavy atom. The number of carbonyl (C=O) groups is 1. The van der Waals surface area contributed by atoms with Crippen molar-refractivity contribution < 1.29 is 32.9 Å². The summed E-state index contributed by atoms with van der Waals surface area (Å²) in [6, 6.07) is 7.50. The zero-order valence-electron chi connectivity index (χ0n) is 21.0. The number of phenols is 1. The maximum Gasteiger partial charge on any atom is 0.490 e. The van der Waals surface area contributed by atoms with Crippen LogP contribution in [0.25, 0.3) is 22.5 Å². The summed E-state index contributed by atoms with van der Waals surface area (Å²) in [6.45, 7) is 8.68. The lowest BCUT2D eigenvalue weighted by Crippen LogP contribution is -2.60. The van der Waals surface area contributed by atoms with Gasteiger partial charge in [-0.05, 0) is 45.9 Å². The van der Waals surface area contributed by atoms with Crippen molar-refractivity contribution in [2.24, 2.45) is 7.05 Å². The zero-order chi connectivity index (χ0) is 27.6. The number of aromatic nitrogens is 5. The van der Waals surface area contributed by atoms with Gasteiger partial charge in [0.05, 0.1) is 11.9 Å². The van der Waals surface area contributed by atoms with Crippen LogP contribution >= 0.6 is 0 Å². The molecule has 3 aromatic rings. The number of piperidine rings is 1. The van der Waals surface area contributed by atoms with Crippen LogP contribution in [0, 0.1) is 0 Å². The number of phenolic OH excluding ortho intramolecular Hbond substituents is 1. The van der Waals surface area contributed by atoms with Crippen molar-refractivity contribution in [3.05, 3.63) is 36.7 Å². The fraction of sp³-hybridized carbons (Fsp3) is 0.458. The van der Waals surface area contributed by atoms with E-state index in [1.165, 1.54) is 0 Å². The number of alkyl halides is 3. The smallest absolute Gasteiger partial charge is 0.490 e. The van der Waals surface area contributed by atoms with Gasteiger partial charge in [0.25, 0.3) is 0 Å². The standard InChI is InChI=1S/C22H28N6O2.C2HF3O2/c1-21(2)11-15(12-22(3,4)27-21)30-20-23-13-18(24-25-20)16-7-6-14(10-19(16)29)17-8-9-28(5)26-17;3-2(4,5)1(6)7/h6-10,13,15,27,29H,11-12H2,1-5H3;(H,6,7). The van der Waals surface area contributed by atoms with E-state index in [1.807, 2.05) is 25.4 Å². The summed E-state index contributed by atoms with van der Waals surface area (Å²) in [4.78, 5) is 13.2. The Morgan fingerprint density at radius 2 is 1.73 bits per heavy atom. The highest BCUT2D eigenvalue weighted by Crippen LogP contribution is 2.33. The van der Waals surface area contributed by atoms with E-state index in [1.54, 1.807) is 23.0 Å². The summed E-state index contributed by atoms with van der Waals surface area (Å²) < 4.78 is 39.5. The van der Waals surface area contributed by atoms with E-state index in [0.717, 1.165) is 24.1 Å². The van der Waals surface area contributed by atoms with Crippen molar-refractivity contribution in [2.75, 3.05) is 0 Å². The lowest BCUT2D eigenvalue weighted by molar-refractivity contribution is -0.192. The summed E-state index contributed by atoms with van der Waals surface area (Å²) in [5, 5.41) is 34.0. The summed E-state index contributed by atoms with van der Waals surface area (Å²) >= 11 is 0. The number of benzene rings is 1. The molecule has 1 aliphatic rings. The van der Waals surface area contributed by atoms with E-state index >= 15 is 0 Å². The van der Waals surface area contributed by atoms with Crippen molar-refractivity contribution >= 4 is 5.97 Å². The van der Waals surface area contributed by atoms with Gasteiger partial charge in [-0.25, -0.2) is 9.78 Å². The second kappa shape index (κ2) is 10.3. The van der Waals surface area contributed by atoms with Crippen molar-refractivity contribution in [1.82, 2.24) is 30.3 Å². The van der Waals surface area contributed by atoms with E-state index in [9.17, 15) is 18.3 Å². The van der Waals surface area contributed by atoms with Crippen LogP contribution in [0.5, 0.6) is 11.8 Å². The topological polar surface area (TPSA) is 135 Å². The maximum atomic E-state index is 10.6. The number of hydrogen-bond acceptors (Lipinski definition) is 8. The number of ether oxygens (including phenoxy) is 1. The van der Waals surface area contributed by atoms with Crippen molar-refractivity contribution in [1.29, 1.82) is 0 Å². The monoisotopic (exact) mass is 522 g/mol. The zero-order valence-corrected chi connectivity index (χ0v) is 21.0. The average Bonchev–Trinajstić information content (AvgIpc) is 3.18. The SMILES string of the molecule is Cn1ccc(-c2ccc(-c3cnc(OC4CC(C)(C)NC(C)(C)C4)nn3)c(O)c2)n1.O=C(O)C(F)(F)F. The fourth-order valence-electron chi connectivity index (χ4n) is 4.38. The van der Waals surface area contributed by atoms with Crippen molar-refractivity contribution in [3.63, 3.8) is 0 Å². The number of carboxylic acid groups (broad SMARTS) is 1. The van der Waals surface area contributed by atoms with E-state index < -0.39 is 12.1 Å². The molecule has 0 aliphatic carbocycles. The third-order valence-corrected chi connectivity index (χ3v) is 5.49. The normalized spacial score (nSPS) is 17.0. The molecule has 0 atom stereocenters. The number of aryl methyl sites for hydroxylation is 1. The number of nitrogens with one attached hydrogen (secondary N) is 1. The van der Waals surface area contributed by atoms with Crippen LogP contribution in [0.1, 0.15) is 40.5 Å². The first-order valence-corrected chi connectivity index (χ1v) is 11.3. The Kier molecular flexibility index (Phi) is 7.77. The molecule has 13 heteroatoms. The highest BCUT2D eigenvalue weighted by atomic mass is 19.4. The molecule has 1 aromatic carbocycles. The van der Waals surface area contributed by atoms with Crippen LogP contribution < -0.4 is 10.1 Å². The van der Waals surface area contributed by atoms with Crippen LogP contribution in [0.3, 0.4) is 0 Å². The number of rotatable bonds is 4. The Morgan fingerprint density at radius 3 is 2.19 bits per heavy atom. The Labute approximate surface area is 211 Å². The van der Waals surface area contributed by atoms with Gasteiger partial charge in [0, 0.05) is 48.3 Å². The van der Waals surface area contributed by atoms with Gasteiger partial charge in [0.1, 0.15) is 17.5 Å². The summed E-state index contributed by atoms with van der Waals surface area (Å²) in [7, 11) is 1.86. The molecule has 1 aliphatic heterocycles. The number of aromatic hydroxyl groups is 1. The lowest BCUT2D eigenvalue weighted by atomic mass is 9.81. The summed E-state index contributed by atoms with van der Waals surface area (Å²) in [6.07, 6.45) is 0.0815. The first-order valence-electron chi connectivity index (χ1n) is 11.3. The molecule has 200 valence electrons. The predicted molar refractivity (Wildman–Crippen MR) is 128 cm³/mol. The van der Waals surface area contributed by atoms with E-state index in [-0.39, 0.29) is 28.9 Å². The Hall–Kier alpha value is -3.74. The van der Waals surface area contributed by atoms with Crippen LogP contribution in [0.2, 0.25) is 0 Å². The third-order valence-electron chi connectivity index (χ3n) is 5.49. The van der Waals surface area contributed by atoms with Crippen molar-refractivity contribution in [2.45, 2.75) is 63.9 Å². The number of nitrogens with zero attached hydrogens (tertiary/aromatic N) is 5. The molecule has 0 saturated carbocycles. The van der Waals surface area contributed by atoms with E-state index in [4.69, 9.17) is 14.6 Å². The fourth-order valence-corrected chi connectivity index (χ4v) is 4.38. The second-order valence-corrected chi connectivity index (χ2v) is 10.1. The molecule has 0 unspecified atom stereocenters. The molecular weight excluding hydrogens is 493 g/mol. The Bertz CT molecular complexity index is 1230. The largest absolute Gasteiger partial charge is 0.507 e. The molecule has 0 radical (unpaired) electrons. The number of carboxylic acids is 1. The third kappa shape index (κ3) is 7.62. The van der Waals surface area contributed by atoms with Crippen LogP contribution in [0.4, 0.5) is 13.2 Å². The predicted octanol–water partition coefficient (Wildman–Crippen LogP) is 3.97. The molecule has 0 spiro atoms. The average molecular weight is 523 g/mol. The van der Waals surface area contributed by atoms with Gasteiger partial charge in [-0.15, -0.1) is 5.10 Å². The first kappa shape index (κ1) is 27.8. The highest BCUT2D eigenvalue weighted by molar-refractivity contribution is 5.73. The molecule has 0 amide bonds. The van der Waals surface area contributed by atoms with Gasteiger partial charge in [0.15, 0.2) is 0 Å². The molecule has 1 fully saturated rings. The highest BCUT2D eigenvalue weighted by Gasteiger charge is 2.39. The minimum absolute atomic E-state index is 0.00922. The Balaban J connectivity index is 0.000000479. The number of hydrogen-bond donors (Lipinski definition) is 3. The van der Waals surface area contributed by atoms with Gasteiger partial charge >= 0.3 is 18.2 Å². The minimum atomic E-state index is -5.08. The molecule has 3 heterocycles. The lowest BCUT2D eigenvalue weighted by Gasteiger charge is -2.45. The molecule has 3 N–H and O–H groups in total. The summed E-state index contributed by atoms with van der Waals surface area (Å²) in [5.41, 5.74) is 2.61. The second-order valence-electron chi connectivity index (χ2n) is 10.1. The van der Waals surface area contributed by atoms with Crippen molar-refractivity contribution in [3.8, 4) is 34.3 Å². The number of aliphatic carboxylic acids is 1. The number of halogens is 3. The van der Waals surface area contributed by atoms with Gasteiger partial charge in [-0.2, -0.15) is 18.3 Å². The van der Waals surface area contributed by atoms with E-state index in [2.05, 4.69) is 53.3 Å².